The number of hydrogen-bond donors (Lipinski definition) is 1. The Labute approximate surface area is 134 Å². The van der Waals surface area contributed by atoms with Gasteiger partial charge in [-0.05, 0) is 44.4 Å². The largest absolute Gasteiger partial charge is 0.310 e. The maximum Gasteiger partial charge on any atom is 0.0302 e. The Morgan fingerprint density at radius 2 is 2.19 bits per heavy atom. The van der Waals surface area contributed by atoms with Gasteiger partial charge in [-0.2, -0.15) is 0 Å². The molecular weight excluding hydrogens is 276 g/mol. The minimum absolute atomic E-state index is 0.562. The number of rotatable bonds is 7. The Kier molecular flexibility index (Phi) is 6.72. The van der Waals surface area contributed by atoms with Crippen LogP contribution in [0, 0.1) is 6.92 Å². The van der Waals surface area contributed by atoms with Crippen molar-refractivity contribution in [2.75, 3.05) is 6.54 Å². The molecule has 1 aromatic rings. The molecule has 2 heterocycles. The van der Waals surface area contributed by atoms with E-state index >= 15 is 0 Å². The van der Waals surface area contributed by atoms with Crippen LogP contribution in [0.3, 0.4) is 0 Å². The number of nitrogens with one attached hydrogen (secondary N) is 1. The van der Waals surface area contributed by atoms with Gasteiger partial charge in [-0.25, -0.2) is 0 Å². The van der Waals surface area contributed by atoms with Gasteiger partial charge < -0.3 is 5.32 Å². The molecule has 0 bridgehead atoms. The van der Waals surface area contributed by atoms with Gasteiger partial charge in [0.2, 0.25) is 0 Å². The fourth-order valence-corrected chi connectivity index (χ4v) is 4.29. The van der Waals surface area contributed by atoms with E-state index in [0.717, 1.165) is 19.1 Å². The van der Waals surface area contributed by atoms with Gasteiger partial charge in [0.25, 0.3) is 0 Å². The third kappa shape index (κ3) is 5.08. The molecule has 3 heteroatoms. The summed E-state index contributed by atoms with van der Waals surface area (Å²) in [7, 11) is 0. The van der Waals surface area contributed by atoms with E-state index in [4.69, 9.17) is 0 Å². The Bertz CT molecular complexity index is 423. The second-order valence-electron chi connectivity index (χ2n) is 6.74. The van der Waals surface area contributed by atoms with Crippen LogP contribution in [-0.4, -0.2) is 23.5 Å². The standard InChI is InChI=1S/C18H32N2S/c1-5-8-17-9-6-7-10-20(17)13-16-11-18(21-15(16)4)12-19-14(2)3/h11,14,17,19H,5-10,12-13H2,1-4H3. The molecule has 1 aliphatic rings. The van der Waals surface area contributed by atoms with Gasteiger partial charge in [-0.1, -0.05) is 33.6 Å². The first-order chi connectivity index (χ1) is 10.1. The summed E-state index contributed by atoms with van der Waals surface area (Å²) in [5, 5.41) is 3.53. The molecule has 2 rings (SSSR count). The summed E-state index contributed by atoms with van der Waals surface area (Å²) in [5.41, 5.74) is 1.56. The van der Waals surface area contributed by atoms with Crippen molar-refractivity contribution in [1.29, 1.82) is 0 Å². The van der Waals surface area contributed by atoms with Crippen LogP contribution in [0.4, 0.5) is 0 Å². The van der Waals surface area contributed by atoms with Crippen LogP contribution in [0.25, 0.3) is 0 Å². The number of hydrogen-bond acceptors (Lipinski definition) is 3. The van der Waals surface area contributed by atoms with Crippen LogP contribution < -0.4 is 5.32 Å². The molecule has 0 spiro atoms. The van der Waals surface area contributed by atoms with E-state index < -0.39 is 0 Å². The van der Waals surface area contributed by atoms with Crippen LogP contribution >= 0.6 is 11.3 Å². The summed E-state index contributed by atoms with van der Waals surface area (Å²) in [6.07, 6.45) is 6.88. The van der Waals surface area contributed by atoms with Crippen molar-refractivity contribution in [2.24, 2.45) is 0 Å². The van der Waals surface area contributed by atoms with Gasteiger partial charge in [0.1, 0.15) is 0 Å². The lowest BCUT2D eigenvalue weighted by Gasteiger charge is -2.35. The monoisotopic (exact) mass is 308 g/mol. The molecule has 1 saturated heterocycles. The van der Waals surface area contributed by atoms with E-state index in [0.29, 0.717) is 6.04 Å². The molecule has 21 heavy (non-hydrogen) atoms. The third-order valence-corrected chi connectivity index (χ3v) is 5.59. The van der Waals surface area contributed by atoms with Crippen molar-refractivity contribution in [1.82, 2.24) is 10.2 Å². The SMILES string of the molecule is CCCC1CCCCN1Cc1cc(CNC(C)C)sc1C. The first-order valence-electron chi connectivity index (χ1n) is 8.65. The summed E-state index contributed by atoms with van der Waals surface area (Å²) < 4.78 is 0. The van der Waals surface area contributed by atoms with Crippen LogP contribution in [0.1, 0.15) is 68.2 Å². The third-order valence-electron chi connectivity index (χ3n) is 4.50. The maximum absolute atomic E-state index is 3.53. The van der Waals surface area contributed by atoms with Crippen molar-refractivity contribution in [2.45, 2.75) is 85.0 Å². The predicted octanol–water partition coefficient (Wildman–Crippen LogP) is 4.71. The first-order valence-corrected chi connectivity index (χ1v) is 9.47. The quantitative estimate of drug-likeness (QED) is 0.785. The molecule has 0 aliphatic carbocycles. The lowest BCUT2D eigenvalue weighted by molar-refractivity contribution is 0.131. The molecule has 0 aromatic carbocycles. The summed E-state index contributed by atoms with van der Waals surface area (Å²) in [6, 6.07) is 3.82. The van der Waals surface area contributed by atoms with E-state index in [1.807, 2.05) is 11.3 Å². The lowest BCUT2D eigenvalue weighted by atomic mass is 9.97. The number of thiophene rings is 1. The van der Waals surface area contributed by atoms with Crippen molar-refractivity contribution < 1.29 is 0 Å². The molecule has 1 aromatic heterocycles. The highest BCUT2D eigenvalue weighted by Gasteiger charge is 2.22. The summed E-state index contributed by atoms with van der Waals surface area (Å²) in [4.78, 5) is 5.73. The van der Waals surface area contributed by atoms with Crippen LogP contribution in [0.2, 0.25) is 0 Å². The van der Waals surface area contributed by atoms with Crippen molar-refractivity contribution in [3.63, 3.8) is 0 Å². The molecule has 1 aliphatic heterocycles. The zero-order valence-electron chi connectivity index (χ0n) is 14.2. The fraction of sp³-hybridized carbons (Fsp3) is 0.778. The summed E-state index contributed by atoms with van der Waals surface area (Å²) in [6.45, 7) is 12.5. The lowest BCUT2D eigenvalue weighted by Crippen LogP contribution is -2.38. The normalized spacial score (nSPS) is 20.3. The smallest absolute Gasteiger partial charge is 0.0302 e. The highest BCUT2D eigenvalue weighted by atomic mass is 32.1. The van der Waals surface area contributed by atoms with E-state index in [1.165, 1.54) is 48.4 Å². The molecule has 0 saturated carbocycles. The van der Waals surface area contributed by atoms with Crippen molar-refractivity contribution in [3.8, 4) is 0 Å². The molecule has 120 valence electrons. The van der Waals surface area contributed by atoms with Crippen molar-refractivity contribution >= 4 is 11.3 Å². The molecule has 0 amide bonds. The van der Waals surface area contributed by atoms with Crippen LogP contribution in [0.5, 0.6) is 0 Å². The van der Waals surface area contributed by atoms with Crippen LogP contribution in [0.15, 0.2) is 6.07 Å². The molecule has 1 fully saturated rings. The Balaban J connectivity index is 1.97. The Hall–Kier alpha value is -0.380. The second kappa shape index (κ2) is 8.30. The molecule has 1 atom stereocenters. The zero-order valence-corrected chi connectivity index (χ0v) is 15.1. The first kappa shape index (κ1) is 17.0. The van der Waals surface area contributed by atoms with E-state index in [1.54, 1.807) is 5.56 Å². The summed E-state index contributed by atoms with van der Waals surface area (Å²) >= 11 is 1.97. The zero-order chi connectivity index (χ0) is 15.2. The number of piperidine rings is 1. The van der Waals surface area contributed by atoms with Gasteiger partial charge in [0.15, 0.2) is 0 Å². The number of likely N-dealkylation sites (tertiary alicyclic amines) is 1. The second-order valence-corrected chi connectivity index (χ2v) is 8.08. The molecule has 2 nitrogen and oxygen atoms in total. The fourth-order valence-electron chi connectivity index (χ4n) is 3.28. The Morgan fingerprint density at radius 1 is 1.38 bits per heavy atom. The molecule has 0 radical (unpaired) electrons. The maximum atomic E-state index is 3.53. The van der Waals surface area contributed by atoms with Crippen LogP contribution in [-0.2, 0) is 13.1 Å². The minimum atomic E-state index is 0.562. The highest BCUT2D eigenvalue weighted by molar-refractivity contribution is 7.12. The predicted molar refractivity (Wildman–Crippen MR) is 94.0 cm³/mol. The van der Waals surface area contributed by atoms with Gasteiger partial charge >= 0.3 is 0 Å². The van der Waals surface area contributed by atoms with Gasteiger partial charge in [0, 0.05) is 34.9 Å². The summed E-state index contributed by atoms with van der Waals surface area (Å²) in [5.74, 6) is 0. The average molecular weight is 309 g/mol. The van der Waals surface area contributed by atoms with Gasteiger partial charge in [-0.15, -0.1) is 11.3 Å². The average Bonchev–Trinajstić information content (AvgIpc) is 2.80. The van der Waals surface area contributed by atoms with Crippen molar-refractivity contribution in [3.05, 3.63) is 21.4 Å². The molecule has 1 unspecified atom stereocenters. The molecular formula is C18H32N2S. The highest BCUT2D eigenvalue weighted by Crippen LogP contribution is 2.27. The van der Waals surface area contributed by atoms with E-state index in [-0.39, 0.29) is 0 Å². The number of nitrogens with zero attached hydrogens (tertiary/aromatic N) is 1. The Morgan fingerprint density at radius 3 is 2.90 bits per heavy atom. The molecule has 1 N–H and O–H groups in total. The topological polar surface area (TPSA) is 15.3 Å². The van der Waals surface area contributed by atoms with E-state index in [2.05, 4.69) is 44.0 Å². The minimum Gasteiger partial charge on any atom is -0.310 e. The van der Waals surface area contributed by atoms with Gasteiger partial charge in [0.05, 0.1) is 0 Å². The number of aryl methyl sites for hydroxylation is 1. The van der Waals surface area contributed by atoms with E-state index in [9.17, 15) is 0 Å². The van der Waals surface area contributed by atoms with Gasteiger partial charge in [-0.3, -0.25) is 4.90 Å².